The third-order valence-corrected chi connectivity index (χ3v) is 3.73. The molecule has 20 heavy (non-hydrogen) atoms. The summed E-state index contributed by atoms with van der Waals surface area (Å²) in [6, 6.07) is 7.22. The fourth-order valence-corrected chi connectivity index (χ4v) is 2.31. The number of rotatable bonds is 4. The van der Waals surface area contributed by atoms with Gasteiger partial charge in [0.1, 0.15) is 0 Å². The molecule has 7 nitrogen and oxygen atoms in total. The van der Waals surface area contributed by atoms with Gasteiger partial charge in [-0.25, -0.2) is 4.68 Å². The van der Waals surface area contributed by atoms with Gasteiger partial charge in [-0.3, -0.25) is 0 Å². The van der Waals surface area contributed by atoms with Crippen LogP contribution < -0.4 is 0 Å². The first-order chi connectivity index (χ1) is 9.72. The molecule has 0 radical (unpaired) electrons. The highest BCUT2D eigenvalue weighted by Gasteiger charge is 2.11. The Labute approximate surface area is 123 Å². The van der Waals surface area contributed by atoms with E-state index in [-0.39, 0.29) is 0 Å². The van der Waals surface area contributed by atoms with E-state index in [1.165, 1.54) is 11.8 Å². The zero-order valence-electron chi connectivity index (χ0n) is 10.4. The van der Waals surface area contributed by atoms with Gasteiger partial charge in [-0.05, 0) is 34.7 Å². The molecule has 2 aromatic heterocycles. The molecule has 0 aliphatic rings. The summed E-state index contributed by atoms with van der Waals surface area (Å²) in [6.45, 7) is 0. The lowest BCUT2D eigenvalue weighted by Gasteiger charge is -1.94. The van der Waals surface area contributed by atoms with Crippen molar-refractivity contribution in [1.29, 1.82) is 0 Å². The van der Waals surface area contributed by atoms with Gasteiger partial charge in [0.25, 0.3) is 5.89 Å². The minimum atomic E-state index is 0.466. The predicted octanol–water partition coefficient (Wildman–Crippen LogP) is 2.21. The Hall–Kier alpha value is -1.93. The van der Waals surface area contributed by atoms with Gasteiger partial charge in [0.2, 0.25) is 5.16 Å². The number of hydrogen-bond acceptors (Lipinski definition) is 7. The molecule has 2 heterocycles. The van der Waals surface area contributed by atoms with Crippen molar-refractivity contribution >= 4 is 23.4 Å². The van der Waals surface area contributed by atoms with Gasteiger partial charge in [-0.15, -0.1) is 5.10 Å². The van der Waals surface area contributed by atoms with Gasteiger partial charge in [0.15, 0.2) is 5.82 Å². The van der Waals surface area contributed by atoms with Gasteiger partial charge >= 0.3 is 0 Å². The van der Waals surface area contributed by atoms with Crippen LogP contribution in [0.25, 0.3) is 11.5 Å². The first-order valence-electron chi connectivity index (χ1n) is 5.66. The number of benzene rings is 1. The standard InChI is InChI=1S/C11H9ClN6OS/c1-18-11(14-16-17-18)20-6-9-13-10(19-15-9)7-2-4-8(12)5-3-7/h2-5H,6H2,1H3. The van der Waals surface area contributed by atoms with E-state index < -0.39 is 0 Å². The van der Waals surface area contributed by atoms with Crippen LogP contribution in [0.1, 0.15) is 5.82 Å². The Morgan fingerprint density at radius 1 is 1.30 bits per heavy atom. The summed E-state index contributed by atoms with van der Waals surface area (Å²) < 4.78 is 6.80. The van der Waals surface area contributed by atoms with Crippen LogP contribution in [0.5, 0.6) is 0 Å². The monoisotopic (exact) mass is 308 g/mol. The van der Waals surface area contributed by atoms with E-state index in [1.54, 1.807) is 23.9 Å². The second-order valence-corrected chi connectivity index (χ2v) is 5.28. The van der Waals surface area contributed by atoms with Gasteiger partial charge in [-0.2, -0.15) is 4.98 Å². The Morgan fingerprint density at radius 3 is 2.80 bits per heavy atom. The zero-order chi connectivity index (χ0) is 13.9. The van der Waals surface area contributed by atoms with Crippen LogP contribution >= 0.6 is 23.4 Å². The molecule has 1 aromatic carbocycles. The highest BCUT2D eigenvalue weighted by atomic mass is 35.5. The number of hydrogen-bond donors (Lipinski definition) is 0. The lowest BCUT2D eigenvalue weighted by Crippen LogP contribution is -1.94. The molecule has 0 atom stereocenters. The maximum Gasteiger partial charge on any atom is 0.257 e. The third-order valence-electron chi connectivity index (χ3n) is 2.47. The van der Waals surface area contributed by atoms with Gasteiger partial charge in [0.05, 0.1) is 5.75 Å². The lowest BCUT2D eigenvalue weighted by atomic mass is 10.2. The molecule has 0 bridgehead atoms. The van der Waals surface area contributed by atoms with Crippen LogP contribution in [-0.2, 0) is 12.8 Å². The average Bonchev–Trinajstić information content (AvgIpc) is 3.06. The smallest absolute Gasteiger partial charge is 0.257 e. The average molecular weight is 309 g/mol. The summed E-state index contributed by atoms with van der Waals surface area (Å²) >= 11 is 7.27. The van der Waals surface area contributed by atoms with E-state index in [9.17, 15) is 0 Å². The first-order valence-corrected chi connectivity index (χ1v) is 7.02. The third kappa shape index (κ3) is 2.81. The Morgan fingerprint density at radius 2 is 2.10 bits per heavy atom. The van der Waals surface area contributed by atoms with Crippen LogP contribution in [0.2, 0.25) is 5.02 Å². The molecule has 0 saturated carbocycles. The number of thioether (sulfide) groups is 1. The SMILES string of the molecule is Cn1nnnc1SCc1noc(-c2ccc(Cl)cc2)n1. The minimum absolute atomic E-state index is 0.466. The number of tetrazole rings is 1. The Balaban J connectivity index is 1.71. The van der Waals surface area contributed by atoms with Gasteiger partial charge in [-0.1, -0.05) is 28.5 Å². The van der Waals surface area contributed by atoms with E-state index in [2.05, 4.69) is 25.7 Å². The molecule has 0 unspecified atom stereocenters. The van der Waals surface area contributed by atoms with Crippen molar-refractivity contribution in [2.75, 3.05) is 0 Å². The zero-order valence-corrected chi connectivity index (χ0v) is 12.0. The molecule has 0 N–H and O–H groups in total. The molecule has 0 saturated heterocycles. The molecule has 102 valence electrons. The molecule has 0 aliphatic heterocycles. The number of nitrogens with zero attached hydrogens (tertiary/aromatic N) is 6. The van der Waals surface area contributed by atoms with Crippen LogP contribution in [0.15, 0.2) is 33.9 Å². The van der Waals surface area contributed by atoms with E-state index in [0.29, 0.717) is 27.6 Å². The van der Waals surface area contributed by atoms with E-state index in [0.717, 1.165) is 5.56 Å². The van der Waals surface area contributed by atoms with Crippen LogP contribution in [0.4, 0.5) is 0 Å². The first kappa shape index (κ1) is 13.1. The normalized spacial score (nSPS) is 10.9. The van der Waals surface area contributed by atoms with E-state index in [4.69, 9.17) is 16.1 Å². The summed E-state index contributed by atoms with van der Waals surface area (Å²) in [5.74, 6) is 1.59. The molecule has 0 aliphatic carbocycles. The molecule has 0 fully saturated rings. The quantitative estimate of drug-likeness (QED) is 0.683. The van der Waals surface area contributed by atoms with Crippen molar-refractivity contribution < 1.29 is 4.52 Å². The maximum absolute atomic E-state index is 5.83. The molecular weight excluding hydrogens is 300 g/mol. The summed E-state index contributed by atoms with van der Waals surface area (Å²) in [5, 5.41) is 16.5. The van der Waals surface area contributed by atoms with Crippen molar-refractivity contribution in [2.45, 2.75) is 10.9 Å². The Kier molecular flexibility index (Phi) is 3.66. The number of halogens is 1. The topological polar surface area (TPSA) is 82.5 Å². The van der Waals surface area contributed by atoms with Gasteiger partial charge in [0, 0.05) is 17.6 Å². The van der Waals surface area contributed by atoms with Crippen molar-refractivity contribution in [3.05, 3.63) is 35.1 Å². The van der Waals surface area contributed by atoms with Crippen molar-refractivity contribution in [3.63, 3.8) is 0 Å². The lowest BCUT2D eigenvalue weighted by molar-refractivity contribution is 0.425. The molecule has 0 amide bonds. The fourth-order valence-electron chi connectivity index (χ4n) is 1.49. The van der Waals surface area contributed by atoms with E-state index >= 15 is 0 Å². The van der Waals surface area contributed by atoms with Crippen molar-refractivity contribution in [2.24, 2.45) is 7.05 Å². The molecule has 0 spiro atoms. The highest BCUT2D eigenvalue weighted by molar-refractivity contribution is 7.98. The highest BCUT2D eigenvalue weighted by Crippen LogP contribution is 2.22. The number of aromatic nitrogens is 6. The molecule has 3 rings (SSSR count). The second kappa shape index (κ2) is 5.59. The predicted molar refractivity (Wildman–Crippen MR) is 73.1 cm³/mol. The van der Waals surface area contributed by atoms with Crippen molar-refractivity contribution in [3.8, 4) is 11.5 Å². The largest absolute Gasteiger partial charge is 0.334 e. The van der Waals surface area contributed by atoms with Crippen LogP contribution in [0, 0.1) is 0 Å². The molecule has 9 heteroatoms. The van der Waals surface area contributed by atoms with E-state index in [1.807, 2.05) is 12.1 Å². The number of aryl methyl sites for hydroxylation is 1. The Bertz CT molecular complexity index is 710. The van der Waals surface area contributed by atoms with Crippen LogP contribution in [-0.4, -0.2) is 30.3 Å². The van der Waals surface area contributed by atoms with Crippen LogP contribution in [0.3, 0.4) is 0 Å². The molecular formula is C11H9ClN6OS. The summed E-state index contributed by atoms with van der Waals surface area (Å²) in [5.41, 5.74) is 0.832. The fraction of sp³-hybridized carbons (Fsp3) is 0.182. The second-order valence-electron chi connectivity index (χ2n) is 3.90. The van der Waals surface area contributed by atoms with Crippen molar-refractivity contribution in [1.82, 2.24) is 30.3 Å². The summed E-state index contributed by atoms with van der Waals surface area (Å²) in [6.07, 6.45) is 0. The maximum atomic E-state index is 5.83. The van der Waals surface area contributed by atoms with Gasteiger partial charge < -0.3 is 4.52 Å². The summed E-state index contributed by atoms with van der Waals surface area (Å²) in [4.78, 5) is 4.32. The summed E-state index contributed by atoms with van der Waals surface area (Å²) in [7, 11) is 1.78. The molecule has 3 aromatic rings. The minimum Gasteiger partial charge on any atom is -0.334 e.